The Hall–Kier alpha value is -1.60. The molecule has 22 heavy (non-hydrogen) atoms. The highest BCUT2D eigenvalue weighted by molar-refractivity contribution is 5.75. The number of aryl methyl sites for hydroxylation is 1. The molecule has 0 aliphatic carbocycles. The van der Waals surface area contributed by atoms with Gasteiger partial charge in [-0.1, -0.05) is 0 Å². The molecule has 1 saturated heterocycles. The molecule has 0 spiro atoms. The van der Waals surface area contributed by atoms with Gasteiger partial charge in [-0.05, 0) is 32.4 Å². The number of carbonyl (C=O) groups excluding carboxylic acids is 1. The lowest BCUT2D eigenvalue weighted by Crippen LogP contribution is -2.48. The van der Waals surface area contributed by atoms with Crippen LogP contribution in [0.2, 0.25) is 0 Å². The number of urea groups is 1. The Balaban J connectivity index is 1.78. The molecule has 2 N–H and O–H groups in total. The average Bonchev–Trinajstić information content (AvgIpc) is 3.05. The van der Waals surface area contributed by atoms with Gasteiger partial charge in [0.2, 0.25) is 0 Å². The summed E-state index contributed by atoms with van der Waals surface area (Å²) in [5, 5.41) is 16.1. The zero-order valence-electron chi connectivity index (χ0n) is 13.7. The van der Waals surface area contributed by atoms with Gasteiger partial charge in [0.05, 0.1) is 12.8 Å². The Morgan fingerprint density at radius 2 is 2.36 bits per heavy atom. The molecule has 7 heteroatoms. The molecule has 2 amide bonds. The minimum atomic E-state index is -0.00344. The number of likely N-dealkylation sites (N-methyl/N-ethyl adjacent to an activating group) is 1. The number of hydrogen-bond donors (Lipinski definition) is 2. The maximum absolute atomic E-state index is 12.3. The van der Waals surface area contributed by atoms with E-state index in [4.69, 9.17) is 5.11 Å². The fourth-order valence-corrected chi connectivity index (χ4v) is 3.14. The lowest BCUT2D eigenvalue weighted by Gasteiger charge is -2.30. The van der Waals surface area contributed by atoms with Gasteiger partial charge in [-0.15, -0.1) is 0 Å². The number of aliphatic hydroxyl groups is 1. The molecule has 0 bridgehead atoms. The number of likely N-dealkylation sites (tertiary alicyclic amines) is 1. The molecule has 2 atom stereocenters. The maximum atomic E-state index is 12.3. The Bertz CT molecular complexity index is 490. The van der Waals surface area contributed by atoms with Crippen molar-refractivity contribution in [2.75, 3.05) is 33.3 Å². The van der Waals surface area contributed by atoms with Gasteiger partial charge in [-0.25, -0.2) is 4.79 Å². The van der Waals surface area contributed by atoms with Gasteiger partial charge in [0.25, 0.3) is 0 Å². The molecule has 0 unspecified atom stereocenters. The number of aromatic nitrogens is 2. The summed E-state index contributed by atoms with van der Waals surface area (Å²) >= 11 is 0. The summed E-state index contributed by atoms with van der Waals surface area (Å²) in [5.74, 6) is 0. The van der Waals surface area contributed by atoms with Crippen molar-refractivity contribution in [3.8, 4) is 0 Å². The largest absolute Gasteiger partial charge is 0.395 e. The Morgan fingerprint density at radius 1 is 1.59 bits per heavy atom. The maximum Gasteiger partial charge on any atom is 0.317 e. The van der Waals surface area contributed by atoms with Crippen molar-refractivity contribution < 1.29 is 9.90 Å². The minimum Gasteiger partial charge on any atom is -0.395 e. The molecule has 1 aromatic heterocycles. The molecule has 2 heterocycles. The highest BCUT2D eigenvalue weighted by atomic mass is 16.3. The van der Waals surface area contributed by atoms with Crippen LogP contribution >= 0.6 is 0 Å². The zero-order chi connectivity index (χ0) is 16.1. The van der Waals surface area contributed by atoms with Crippen LogP contribution in [0.25, 0.3) is 0 Å². The van der Waals surface area contributed by atoms with Crippen LogP contribution in [0.5, 0.6) is 0 Å². The first-order valence-electron chi connectivity index (χ1n) is 7.86. The summed E-state index contributed by atoms with van der Waals surface area (Å²) in [5.41, 5.74) is 1.12. The molecule has 0 saturated carbocycles. The lowest BCUT2D eigenvalue weighted by atomic mass is 10.1. The summed E-state index contributed by atoms with van der Waals surface area (Å²) < 4.78 is 1.77. The number of amides is 2. The van der Waals surface area contributed by atoms with Gasteiger partial charge in [0.15, 0.2) is 0 Å². The van der Waals surface area contributed by atoms with Crippen LogP contribution in [0.4, 0.5) is 4.79 Å². The summed E-state index contributed by atoms with van der Waals surface area (Å²) in [6, 6.07) is 0.474. The third kappa shape index (κ3) is 3.98. The second-order valence-electron chi connectivity index (χ2n) is 6.00. The predicted molar refractivity (Wildman–Crippen MR) is 84.6 cm³/mol. The average molecular weight is 309 g/mol. The molecule has 1 aliphatic heterocycles. The van der Waals surface area contributed by atoms with Gasteiger partial charge in [0, 0.05) is 45.0 Å². The summed E-state index contributed by atoms with van der Waals surface area (Å²) in [4.78, 5) is 16.3. The summed E-state index contributed by atoms with van der Waals surface area (Å²) in [7, 11) is 3.89. The normalized spacial score (nSPS) is 21.6. The van der Waals surface area contributed by atoms with Crippen LogP contribution in [0.3, 0.4) is 0 Å². The summed E-state index contributed by atoms with van der Waals surface area (Å²) in [6.07, 6.45) is 5.53. The van der Waals surface area contributed by atoms with Gasteiger partial charge in [0.1, 0.15) is 0 Å². The topological polar surface area (TPSA) is 73.6 Å². The van der Waals surface area contributed by atoms with E-state index < -0.39 is 0 Å². The fraction of sp³-hybridized carbons (Fsp3) is 0.733. The molecule has 1 fully saturated rings. The Labute approximate surface area is 131 Å². The first-order chi connectivity index (χ1) is 10.5. The SMILES string of the molecule is C[C@@H]1[C@H](N(C)CCO)CCN1C(=O)NCCc1cnn(C)c1. The predicted octanol–water partition coefficient (Wildman–Crippen LogP) is 0.0591. The van der Waals surface area contributed by atoms with Crippen LogP contribution in [-0.4, -0.2) is 76.1 Å². The molecule has 124 valence electrons. The third-order valence-electron chi connectivity index (χ3n) is 4.44. The van der Waals surface area contributed by atoms with Gasteiger partial charge < -0.3 is 15.3 Å². The molecular weight excluding hydrogens is 282 g/mol. The third-order valence-corrected chi connectivity index (χ3v) is 4.44. The second-order valence-corrected chi connectivity index (χ2v) is 6.00. The van der Waals surface area contributed by atoms with E-state index in [1.807, 2.05) is 31.4 Å². The highest BCUT2D eigenvalue weighted by Gasteiger charge is 2.35. The zero-order valence-corrected chi connectivity index (χ0v) is 13.7. The monoisotopic (exact) mass is 309 g/mol. The van der Waals surface area contributed by atoms with E-state index in [-0.39, 0.29) is 18.7 Å². The Morgan fingerprint density at radius 3 is 3.00 bits per heavy atom. The van der Waals surface area contributed by atoms with E-state index in [1.165, 1.54) is 0 Å². The first kappa shape index (κ1) is 16.8. The van der Waals surface area contributed by atoms with Crippen molar-refractivity contribution in [1.82, 2.24) is 24.9 Å². The van der Waals surface area contributed by atoms with E-state index in [1.54, 1.807) is 4.68 Å². The molecule has 7 nitrogen and oxygen atoms in total. The Kier molecular flexibility index (Phi) is 5.79. The smallest absolute Gasteiger partial charge is 0.317 e. The number of nitrogens with zero attached hydrogens (tertiary/aromatic N) is 4. The van der Waals surface area contributed by atoms with Crippen LogP contribution in [0.1, 0.15) is 18.9 Å². The van der Waals surface area contributed by atoms with Crippen molar-refractivity contribution in [1.29, 1.82) is 0 Å². The number of nitrogens with one attached hydrogen (secondary N) is 1. The number of rotatable bonds is 6. The van der Waals surface area contributed by atoms with Crippen LogP contribution < -0.4 is 5.32 Å². The molecule has 2 rings (SSSR count). The van der Waals surface area contributed by atoms with Crippen LogP contribution in [0.15, 0.2) is 12.4 Å². The van der Waals surface area contributed by atoms with E-state index in [9.17, 15) is 4.79 Å². The van der Waals surface area contributed by atoms with Crippen molar-refractivity contribution in [3.05, 3.63) is 18.0 Å². The second kappa shape index (κ2) is 7.60. The highest BCUT2D eigenvalue weighted by Crippen LogP contribution is 2.21. The van der Waals surface area contributed by atoms with Crippen molar-refractivity contribution in [3.63, 3.8) is 0 Å². The number of carbonyl (C=O) groups is 1. The van der Waals surface area contributed by atoms with E-state index in [0.29, 0.717) is 19.1 Å². The van der Waals surface area contributed by atoms with Gasteiger partial charge >= 0.3 is 6.03 Å². The van der Waals surface area contributed by atoms with Crippen molar-refractivity contribution in [2.45, 2.75) is 31.8 Å². The number of aliphatic hydroxyl groups excluding tert-OH is 1. The van der Waals surface area contributed by atoms with Crippen molar-refractivity contribution >= 4 is 6.03 Å². The minimum absolute atomic E-state index is 0.00344. The van der Waals surface area contributed by atoms with E-state index >= 15 is 0 Å². The standard InChI is InChI=1S/C15H27N5O2/c1-12-14(18(2)8-9-21)5-7-20(12)15(22)16-6-4-13-10-17-19(3)11-13/h10-12,14,21H,4-9H2,1-3H3,(H,16,22)/t12-,14-/m1/s1. The molecule has 1 aliphatic rings. The molecule has 0 radical (unpaired) electrons. The number of hydrogen-bond acceptors (Lipinski definition) is 4. The quantitative estimate of drug-likeness (QED) is 0.779. The molecular formula is C15H27N5O2. The summed E-state index contributed by atoms with van der Waals surface area (Å²) in [6.45, 7) is 4.25. The van der Waals surface area contributed by atoms with Crippen molar-refractivity contribution in [2.24, 2.45) is 7.05 Å². The molecule has 1 aromatic rings. The van der Waals surface area contributed by atoms with Gasteiger partial charge in [-0.3, -0.25) is 9.58 Å². The lowest BCUT2D eigenvalue weighted by molar-refractivity contribution is 0.148. The first-order valence-corrected chi connectivity index (χ1v) is 7.86. The molecule has 0 aromatic carbocycles. The fourth-order valence-electron chi connectivity index (χ4n) is 3.14. The van der Waals surface area contributed by atoms with Crippen LogP contribution in [-0.2, 0) is 13.5 Å². The van der Waals surface area contributed by atoms with E-state index in [0.717, 1.165) is 24.9 Å². The van der Waals surface area contributed by atoms with Gasteiger partial charge in [-0.2, -0.15) is 5.10 Å². The van der Waals surface area contributed by atoms with Crippen LogP contribution in [0, 0.1) is 0 Å². The van der Waals surface area contributed by atoms with E-state index in [2.05, 4.69) is 22.2 Å².